The minimum Gasteiger partial charge on any atom is -0.481 e. The minimum absolute atomic E-state index is 0.112. The number of hydrogen-bond acceptors (Lipinski definition) is 7. The van der Waals surface area contributed by atoms with Crippen LogP contribution >= 0.6 is 0 Å². The van der Waals surface area contributed by atoms with E-state index in [1.807, 2.05) is 5.32 Å². The zero-order chi connectivity index (χ0) is 28.1. The fourth-order valence-electron chi connectivity index (χ4n) is 2.95. The zero-order valence-corrected chi connectivity index (χ0v) is 19.8. The molecular weight excluding hydrogens is 499 g/mol. The lowest BCUT2D eigenvalue weighted by atomic mass is 10.1. The SMILES string of the molecule is C[C@H](F)C(=O)Nc1ccc(C(=O)NCCCCC(NC(=O)N(O)[C@@H](CCC(=O)O)C(=O)O)C(=O)O)cc1. The fraction of sp³-hybridized carbons (Fsp3) is 0.455. The molecule has 0 saturated heterocycles. The van der Waals surface area contributed by atoms with Crippen LogP contribution in [0.15, 0.2) is 24.3 Å². The number of hydrogen-bond donors (Lipinski definition) is 7. The molecule has 1 unspecified atom stereocenters. The molecule has 1 aromatic rings. The number of rotatable bonds is 15. The van der Waals surface area contributed by atoms with Gasteiger partial charge in [-0.15, -0.1) is 0 Å². The highest BCUT2D eigenvalue weighted by atomic mass is 19.1. The molecule has 0 spiro atoms. The molecule has 0 aliphatic heterocycles. The van der Waals surface area contributed by atoms with E-state index in [0.29, 0.717) is 12.1 Å². The van der Waals surface area contributed by atoms with Crippen molar-refractivity contribution in [2.24, 2.45) is 0 Å². The summed E-state index contributed by atoms with van der Waals surface area (Å²) in [5, 5.41) is 43.5. The largest absolute Gasteiger partial charge is 0.481 e. The van der Waals surface area contributed by atoms with Crippen molar-refractivity contribution >= 4 is 41.4 Å². The van der Waals surface area contributed by atoms with Crippen molar-refractivity contribution in [2.45, 2.75) is 57.3 Å². The summed E-state index contributed by atoms with van der Waals surface area (Å²) in [6, 6.07) is 0.905. The molecule has 0 bridgehead atoms. The van der Waals surface area contributed by atoms with Crippen LogP contribution in [0.25, 0.3) is 0 Å². The van der Waals surface area contributed by atoms with Crippen molar-refractivity contribution in [3.05, 3.63) is 29.8 Å². The molecule has 0 aliphatic carbocycles. The quantitative estimate of drug-likeness (QED) is 0.0973. The lowest BCUT2D eigenvalue weighted by molar-refractivity contribution is -0.158. The Kier molecular flexibility index (Phi) is 12.5. The Hall–Kier alpha value is -4.27. The normalized spacial score (nSPS) is 12.9. The standard InChI is InChI=1S/C22H29FN4O10/c1-12(23)18(30)25-14-7-5-13(6-8-14)19(31)24-11-3-2-4-15(20(32)33)26-22(36)27(37)16(21(34)35)9-10-17(28)29/h5-8,12,15-16,37H,2-4,9-11H2,1H3,(H,24,31)(H,25,30)(H,26,36)(H,28,29)(H,32,33)(H,34,35)/t12-,15?,16-/m0/s1. The topological polar surface area (TPSA) is 223 Å². The average Bonchev–Trinajstić information content (AvgIpc) is 2.82. The molecule has 0 radical (unpaired) electrons. The van der Waals surface area contributed by atoms with E-state index in [1.165, 1.54) is 24.3 Å². The summed E-state index contributed by atoms with van der Waals surface area (Å²) in [6.45, 7) is 1.24. The first kappa shape index (κ1) is 30.8. The molecule has 204 valence electrons. The van der Waals surface area contributed by atoms with Gasteiger partial charge in [0, 0.05) is 24.2 Å². The van der Waals surface area contributed by atoms with E-state index in [-0.39, 0.29) is 30.0 Å². The number of benzene rings is 1. The third kappa shape index (κ3) is 10.9. The van der Waals surface area contributed by atoms with Crippen LogP contribution in [0.5, 0.6) is 0 Å². The molecule has 0 fully saturated rings. The monoisotopic (exact) mass is 528 g/mol. The number of unbranched alkanes of at least 4 members (excludes halogenated alkanes) is 1. The summed E-state index contributed by atoms with van der Waals surface area (Å²) in [5.41, 5.74) is 0.576. The van der Waals surface area contributed by atoms with Crippen molar-refractivity contribution in [1.29, 1.82) is 0 Å². The second-order valence-corrected chi connectivity index (χ2v) is 7.91. The van der Waals surface area contributed by atoms with Crippen LogP contribution in [0.3, 0.4) is 0 Å². The van der Waals surface area contributed by atoms with Gasteiger partial charge in [-0.1, -0.05) is 0 Å². The summed E-state index contributed by atoms with van der Waals surface area (Å²) in [6.07, 6.45) is -2.51. The van der Waals surface area contributed by atoms with E-state index in [0.717, 1.165) is 6.92 Å². The third-order valence-electron chi connectivity index (χ3n) is 5.00. The average molecular weight is 528 g/mol. The Balaban J connectivity index is 2.51. The van der Waals surface area contributed by atoms with Gasteiger partial charge in [-0.3, -0.25) is 19.6 Å². The number of amides is 4. The maximum Gasteiger partial charge on any atom is 0.342 e. The van der Waals surface area contributed by atoms with Crippen LogP contribution in [0.2, 0.25) is 0 Å². The second kappa shape index (κ2) is 15.0. The highest BCUT2D eigenvalue weighted by Crippen LogP contribution is 2.11. The highest BCUT2D eigenvalue weighted by Gasteiger charge is 2.31. The van der Waals surface area contributed by atoms with E-state index in [9.17, 15) is 43.5 Å². The van der Waals surface area contributed by atoms with E-state index < -0.39 is 66.9 Å². The number of halogens is 1. The Morgan fingerprint density at radius 2 is 1.57 bits per heavy atom. The number of carboxylic acids is 3. The molecule has 0 saturated carbocycles. The minimum atomic E-state index is -1.89. The maximum atomic E-state index is 12.9. The number of nitrogens with zero attached hydrogens (tertiary/aromatic N) is 1. The first-order valence-corrected chi connectivity index (χ1v) is 11.1. The molecule has 0 aliphatic rings. The second-order valence-electron chi connectivity index (χ2n) is 7.91. The van der Waals surface area contributed by atoms with Gasteiger partial charge < -0.3 is 31.3 Å². The van der Waals surface area contributed by atoms with E-state index in [4.69, 9.17) is 10.2 Å². The van der Waals surface area contributed by atoms with Gasteiger partial charge in [0.05, 0.1) is 0 Å². The van der Waals surface area contributed by atoms with Gasteiger partial charge in [-0.25, -0.2) is 18.8 Å². The van der Waals surface area contributed by atoms with Crippen LogP contribution < -0.4 is 16.0 Å². The molecule has 3 atom stereocenters. The summed E-state index contributed by atoms with van der Waals surface area (Å²) >= 11 is 0. The van der Waals surface area contributed by atoms with E-state index in [2.05, 4.69) is 10.6 Å². The lowest BCUT2D eigenvalue weighted by Crippen LogP contribution is -2.52. The predicted octanol–water partition coefficient (Wildman–Crippen LogP) is 1.06. The van der Waals surface area contributed by atoms with Crippen molar-refractivity contribution in [3.63, 3.8) is 0 Å². The molecule has 0 aromatic heterocycles. The molecule has 15 heteroatoms. The van der Waals surface area contributed by atoms with Crippen LogP contribution in [0.4, 0.5) is 14.9 Å². The Labute approximate surface area is 210 Å². The molecule has 1 aromatic carbocycles. The van der Waals surface area contributed by atoms with Crippen molar-refractivity contribution in [3.8, 4) is 0 Å². The number of carboxylic acid groups (broad SMARTS) is 3. The first-order chi connectivity index (χ1) is 17.3. The molecule has 37 heavy (non-hydrogen) atoms. The van der Waals surface area contributed by atoms with Gasteiger partial charge in [-0.2, -0.15) is 5.06 Å². The molecular formula is C22H29FN4O10. The Bertz CT molecular complexity index is 986. The van der Waals surface area contributed by atoms with Crippen LogP contribution in [0.1, 0.15) is 49.4 Å². The number of alkyl halides is 1. The van der Waals surface area contributed by atoms with Gasteiger partial charge >= 0.3 is 23.9 Å². The number of nitrogens with one attached hydrogen (secondary N) is 3. The molecule has 4 amide bonds. The first-order valence-electron chi connectivity index (χ1n) is 11.1. The number of anilines is 1. The van der Waals surface area contributed by atoms with Crippen LogP contribution in [-0.2, 0) is 19.2 Å². The van der Waals surface area contributed by atoms with Crippen molar-refractivity contribution in [1.82, 2.24) is 15.7 Å². The molecule has 0 heterocycles. The molecule has 14 nitrogen and oxygen atoms in total. The molecule has 1 rings (SSSR count). The van der Waals surface area contributed by atoms with Gasteiger partial charge in [-0.05, 0) is 56.9 Å². The Morgan fingerprint density at radius 1 is 0.946 bits per heavy atom. The summed E-state index contributed by atoms with van der Waals surface area (Å²) < 4.78 is 12.9. The number of carbonyl (C=O) groups is 6. The fourth-order valence-corrected chi connectivity index (χ4v) is 2.95. The summed E-state index contributed by atoms with van der Waals surface area (Å²) in [7, 11) is 0. The van der Waals surface area contributed by atoms with Gasteiger partial charge in [0.2, 0.25) is 0 Å². The number of urea groups is 1. The van der Waals surface area contributed by atoms with Crippen molar-refractivity contribution in [2.75, 3.05) is 11.9 Å². The number of hydroxylamine groups is 2. The summed E-state index contributed by atoms with van der Waals surface area (Å²) in [4.78, 5) is 68.9. The van der Waals surface area contributed by atoms with Crippen LogP contribution in [-0.4, -0.2) is 86.1 Å². The Morgan fingerprint density at radius 3 is 2.08 bits per heavy atom. The molecule has 7 N–H and O–H groups in total. The predicted molar refractivity (Wildman–Crippen MR) is 124 cm³/mol. The number of carbonyl (C=O) groups excluding carboxylic acids is 3. The highest BCUT2D eigenvalue weighted by molar-refractivity contribution is 5.96. The lowest BCUT2D eigenvalue weighted by Gasteiger charge is -2.24. The van der Waals surface area contributed by atoms with E-state index >= 15 is 0 Å². The maximum absolute atomic E-state index is 12.9. The van der Waals surface area contributed by atoms with Gasteiger partial charge in [0.15, 0.2) is 12.2 Å². The van der Waals surface area contributed by atoms with Gasteiger partial charge in [0.1, 0.15) is 6.04 Å². The van der Waals surface area contributed by atoms with Crippen LogP contribution in [0, 0.1) is 0 Å². The summed E-state index contributed by atoms with van der Waals surface area (Å²) in [5.74, 6) is -5.73. The van der Waals surface area contributed by atoms with Crippen molar-refractivity contribution < 1.29 is 53.7 Å². The number of aliphatic carboxylic acids is 3. The van der Waals surface area contributed by atoms with Gasteiger partial charge in [0.25, 0.3) is 11.8 Å². The van der Waals surface area contributed by atoms with E-state index in [1.54, 1.807) is 0 Å². The zero-order valence-electron chi connectivity index (χ0n) is 19.8. The third-order valence-corrected chi connectivity index (χ3v) is 5.00. The smallest absolute Gasteiger partial charge is 0.342 e.